The first-order valence-electron chi connectivity index (χ1n) is 11.5. The molecule has 2 aliphatic rings. The fourth-order valence-corrected chi connectivity index (χ4v) is 5.61. The van der Waals surface area contributed by atoms with Gasteiger partial charge in [0.15, 0.2) is 0 Å². The van der Waals surface area contributed by atoms with Gasteiger partial charge in [-0.3, -0.25) is 9.69 Å². The number of carbonyl (C=O) groups is 1. The number of hydrogen-bond acceptors (Lipinski definition) is 2. The average molecular weight is 456 g/mol. The summed E-state index contributed by atoms with van der Waals surface area (Å²) in [5.41, 5.74) is 2.40. The quantitative estimate of drug-likeness (QED) is 0.540. The summed E-state index contributed by atoms with van der Waals surface area (Å²) in [5, 5.41) is 1.27. The molecule has 2 aromatic carbocycles. The normalized spacial score (nSPS) is 22.1. The number of rotatable bonds is 4. The van der Waals surface area contributed by atoms with Gasteiger partial charge in [0.25, 0.3) is 0 Å². The van der Waals surface area contributed by atoms with E-state index in [1.165, 1.54) is 28.6 Å². The van der Waals surface area contributed by atoms with Crippen molar-refractivity contribution in [3.63, 3.8) is 0 Å². The van der Waals surface area contributed by atoms with Gasteiger partial charge < -0.3 is 9.47 Å². The lowest BCUT2D eigenvalue weighted by atomic mass is 9.83. The Kier molecular flexibility index (Phi) is 5.69. The standard InChI is InChI=1S/C26H28F3N3O/c1-30-15-20(22-7-2-3-8-24(22)30)17-31-12-11-23-19(16-31)9-10-25(33)32(23)14-18-5-4-6-21(13-18)26(27,28)29/h2-8,13,15,19,23H,9-12,14,16-17H2,1H3/t19-,23+/m1/s1. The lowest BCUT2D eigenvalue weighted by Gasteiger charge is -2.47. The molecule has 1 aromatic heterocycles. The molecule has 3 heterocycles. The summed E-state index contributed by atoms with van der Waals surface area (Å²) in [6.45, 7) is 2.89. The lowest BCUT2D eigenvalue weighted by Crippen LogP contribution is -2.55. The highest BCUT2D eigenvalue weighted by molar-refractivity contribution is 5.83. The topological polar surface area (TPSA) is 28.5 Å². The molecule has 0 N–H and O–H groups in total. The highest BCUT2D eigenvalue weighted by Crippen LogP contribution is 2.35. The molecule has 2 aliphatic heterocycles. The van der Waals surface area contributed by atoms with Gasteiger partial charge in [-0.1, -0.05) is 30.3 Å². The van der Waals surface area contributed by atoms with Gasteiger partial charge >= 0.3 is 6.18 Å². The number of carbonyl (C=O) groups excluding carboxylic acids is 1. The van der Waals surface area contributed by atoms with Gasteiger partial charge in [-0.05, 0) is 48.1 Å². The van der Waals surface area contributed by atoms with Crippen molar-refractivity contribution in [3.8, 4) is 0 Å². The van der Waals surface area contributed by atoms with Crippen LogP contribution in [0.1, 0.15) is 36.0 Å². The number of benzene rings is 2. The molecule has 1 amide bonds. The predicted octanol–water partition coefficient (Wildman–Crippen LogP) is 5.21. The minimum absolute atomic E-state index is 0.0520. The van der Waals surface area contributed by atoms with Crippen LogP contribution in [0.3, 0.4) is 0 Å². The van der Waals surface area contributed by atoms with Gasteiger partial charge in [0.05, 0.1) is 5.56 Å². The van der Waals surface area contributed by atoms with E-state index in [0.717, 1.165) is 38.5 Å². The predicted molar refractivity (Wildman–Crippen MR) is 121 cm³/mol. The van der Waals surface area contributed by atoms with Gasteiger partial charge in [0.2, 0.25) is 5.91 Å². The number of piperidine rings is 2. The molecule has 33 heavy (non-hydrogen) atoms. The van der Waals surface area contributed by atoms with E-state index in [1.54, 1.807) is 6.07 Å². The largest absolute Gasteiger partial charge is 0.416 e. The van der Waals surface area contributed by atoms with Crippen LogP contribution >= 0.6 is 0 Å². The third kappa shape index (κ3) is 4.38. The number of amides is 1. The maximum Gasteiger partial charge on any atom is 0.416 e. The van der Waals surface area contributed by atoms with Crippen LogP contribution < -0.4 is 0 Å². The summed E-state index contributed by atoms with van der Waals surface area (Å²) in [6.07, 6.45) is -0.0322. The smallest absolute Gasteiger partial charge is 0.350 e. The van der Waals surface area contributed by atoms with Crippen LogP contribution in [0.5, 0.6) is 0 Å². The zero-order valence-electron chi connectivity index (χ0n) is 18.7. The Hall–Kier alpha value is -2.80. The van der Waals surface area contributed by atoms with Crippen molar-refractivity contribution in [3.05, 3.63) is 71.4 Å². The fourth-order valence-electron chi connectivity index (χ4n) is 5.61. The minimum atomic E-state index is -4.38. The number of hydrogen-bond donors (Lipinski definition) is 0. The Balaban J connectivity index is 1.30. The number of nitrogens with zero attached hydrogens (tertiary/aromatic N) is 3. The van der Waals surface area contributed by atoms with E-state index in [0.29, 0.717) is 17.9 Å². The van der Waals surface area contributed by atoms with Gasteiger partial charge in [-0.25, -0.2) is 0 Å². The molecule has 0 saturated carbocycles. The molecule has 7 heteroatoms. The van der Waals surface area contributed by atoms with E-state index in [2.05, 4.69) is 47.0 Å². The maximum atomic E-state index is 13.1. The number of alkyl halides is 3. The molecule has 0 radical (unpaired) electrons. The van der Waals surface area contributed by atoms with E-state index < -0.39 is 11.7 Å². The van der Waals surface area contributed by atoms with Crippen LogP contribution in [0.4, 0.5) is 13.2 Å². The second-order valence-electron chi connectivity index (χ2n) is 9.39. The highest BCUT2D eigenvalue weighted by Gasteiger charge is 2.39. The van der Waals surface area contributed by atoms with E-state index in [4.69, 9.17) is 0 Å². The van der Waals surface area contributed by atoms with Crippen molar-refractivity contribution in [1.82, 2.24) is 14.4 Å². The number of aryl methyl sites for hydroxylation is 1. The molecule has 0 aliphatic carbocycles. The van der Waals surface area contributed by atoms with Crippen LogP contribution in [-0.2, 0) is 31.1 Å². The van der Waals surface area contributed by atoms with Crippen LogP contribution in [0.15, 0.2) is 54.7 Å². The van der Waals surface area contributed by atoms with E-state index >= 15 is 0 Å². The molecule has 0 spiro atoms. The van der Waals surface area contributed by atoms with Gasteiger partial charge in [-0.15, -0.1) is 0 Å². The zero-order valence-corrected chi connectivity index (χ0v) is 18.7. The fraction of sp³-hybridized carbons (Fsp3) is 0.423. The molecule has 174 valence electrons. The Bertz CT molecular complexity index is 1170. The van der Waals surface area contributed by atoms with Gasteiger partial charge in [-0.2, -0.15) is 13.2 Å². The molecule has 0 unspecified atom stereocenters. The van der Waals surface area contributed by atoms with Crippen molar-refractivity contribution in [2.24, 2.45) is 13.0 Å². The van der Waals surface area contributed by atoms with Crippen molar-refractivity contribution in [2.75, 3.05) is 13.1 Å². The maximum absolute atomic E-state index is 13.1. The van der Waals surface area contributed by atoms with Crippen LogP contribution in [0.25, 0.3) is 10.9 Å². The summed E-state index contributed by atoms with van der Waals surface area (Å²) in [7, 11) is 2.07. The molecule has 2 fully saturated rings. The Morgan fingerprint density at radius 1 is 1.03 bits per heavy atom. The molecule has 4 nitrogen and oxygen atoms in total. The van der Waals surface area contributed by atoms with Crippen molar-refractivity contribution < 1.29 is 18.0 Å². The zero-order chi connectivity index (χ0) is 23.2. The summed E-state index contributed by atoms with van der Waals surface area (Å²) >= 11 is 0. The molecule has 0 bridgehead atoms. The van der Waals surface area contributed by atoms with Crippen molar-refractivity contribution in [1.29, 1.82) is 0 Å². The van der Waals surface area contributed by atoms with Crippen LogP contribution in [-0.4, -0.2) is 39.4 Å². The minimum Gasteiger partial charge on any atom is -0.350 e. The van der Waals surface area contributed by atoms with Gasteiger partial charge in [0, 0.05) is 62.8 Å². The summed E-state index contributed by atoms with van der Waals surface area (Å²) in [4.78, 5) is 17.0. The Morgan fingerprint density at radius 3 is 2.67 bits per heavy atom. The van der Waals surface area contributed by atoms with Crippen molar-refractivity contribution >= 4 is 16.8 Å². The summed E-state index contributed by atoms with van der Waals surface area (Å²) in [5.74, 6) is 0.397. The lowest BCUT2D eigenvalue weighted by molar-refractivity contribution is -0.142. The molecule has 2 atom stereocenters. The first-order valence-corrected chi connectivity index (χ1v) is 11.5. The van der Waals surface area contributed by atoms with Crippen LogP contribution in [0.2, 0.25) is 0 Å². The number of fused-ring (bicyclic) bond motifs is 2. The van der Waals surface area contributed by atoms with Crippen LogP contribution in [0, 0.1) is 5.92 Å². The van der Waals surface area contributed by atoms with E-state index in [-0.39, 0.29) is 18.5 Å². The second-order valence-corrected chi connectivity index (χ2v) is 9.39. The molecular formula is C26H28F3N3O. The second kappa shape index (κ2) is 8.52. The Morgan fingerprint density at radius 2 is 1.85 bits per heavy atom. The monoisotopic (exact) mass is 455 g/mol. The summed E-state index contributed by atoms with van der Waals surface area (Å²) in [6, 6.07) is 13.9. The Labute approximate surface area is 191 Å². The number of halogens is 3. The van der Waals surface area contributed by atoms with E-state index in [9.17, 15) is 18.0 Å². The van der Waals surface area contributed by atoms with Gasteiger partial charge in [0.1, 0.15) is 0 Å². The van der Waals surface area contributed by atoms with E-state index in [1.807, 2.05) is 4.90 Å². The third-order valence-electron chi connectivity index (χ3n) is 7.21. The molecule has 5 rings (SSSR count). The molecular weight excluding hydrogens is 427 g/mol. The molecule has 2 saturated heterocycles. The molecule has 3 aromatic rings. The summed E-state index contributed by atoms with van der Waals surface area (Å²) < 4.78 is 41.5. The first-order chi connectivity index (χ1) is 15.8. The average Bonchev–Trinajstić information content (AvgIpc) is 3.11. The highest BCUT2D eigenvalue weighted by atomic mass is 19.4. The SMILES string of the molecule is Cn1cc(CN2CC[C@H]3[C@H](CCC(=O)N3Cc3cccc(C(F)(F)F)c3)C2)c2ccccc21. The first kappa shape index (κ1) is 22.0. The number of likely N-dealkylation sites (tertiary alicyclic amines) is 2. The third-order valence-corrected chi connectivity index (χ3v) is 7.21. The number of aromatic nitrogens is 1. The van der Waals surface area contributed by atoms with Crippen molar-refractivity contribution in [2.45, 2.75) is 44.6 Å². The number of para-hydroxylation sites is 1.